The van der Waals surface area contributed by atoms with Crippen molar-refractivity contribution in [3.63, 3.8) is 0 Å². The Morgan fingerprint density at radius 3 is 2.55 bits per heavy atom. The lowest BCUT2D eigenvalue weighted by Crippen LogP contribution is -2.24. The number of aryl methyl sites for hydroxylation is 1. The highest BCUT2D eigenvalue weighted by Gasteiger charge is 2.13. The van der Waals surface area contributed by atoms with E-state index in [1.54, 1.807) is 16.7 Å². The van der Waals surface area contributed by atoms with Crippen LogP contribution in [0.15, 0.2) is 58.5 Å². The number of aromatic nitrogens is 2. The van der Waals surface area contributed by atoms with Gasteiger partial charge in [-0.2, -0.15) is 0 Å². The number of benzene rings is 2. The largest absolute Gasteiger partial charge is 0.370 e. The summed E-state index contributed by atoms with van der Waals surface area (Å²) in [5, 5.41) is 3.92. The van der Waals surface area contributed by atoms with Gasteiger partial charge in [0.25, 0.3) is 5.56 Å². The summed E-state index contributed by atoms with van der Waals surface area (Å²) < 4.78 is 1.62. The first-order chi connectivity index (χ1) is 14.9. The minimum Gasteiger partial charge on any atom is -0.370 e. The van der Waals surface area contributed by atoms with E-state index in [1.807, 2.05) is 43.3 Å². The quantitative estimate of drug-likeness (QED) is 0.286. The maximum Gasteiger partial charge on any atom is 0.262 e. The molecule has 2 amide bonds. The normalized spacial score (nSPS) is 10.9. The second-order valence-corrected chi connectivity index (χ2v) is 8.29. The number of carbonyl (C=O) groups is 2. The number of primary amides is 1. The fourth-order valence-electron chi connectivity index (χ4n) is 3.17. The molecule has 0 aliphatic carbocycles. The Morgan fingerprint density at radius 1 is 1.06 bits per heavy atom. The van der Waals surface area contributed by atoms with Gasteiger partial charge in [-0.05, 0) is 44.0 Å². The lowest BCUT2D eigenvalue weighted by molar-refractivity contribution is -0.118. The lowest BCUT2D eigenvalue weighted by atomic mass is 10.2. The Hall–Kier alpha value is -3.13. The molecule has 0 aliphatic heterocycles. The van der Waals surface area contributed by atoms with Crippen LogP contribution in [0.5, 0.6) is 0 Å². The number of hydrogen-bond acceptors (Lipinski definition) is 5. The number of amides is 2. The number of unbranched alkanes of at least 4 members (excludes halogenated alkanes) is 2. The lowest BCUT2D eigenvalue weighted by Gasteiger charge is -2.13. The Labute approximate surface area is 185 Å². The van der Waals surface area contributed by atoms with Crippen LogP contribution >= 0.6 is 11.8 Å². The summed E-state index contributed by atoms with van der Waals surface area (Å²) in [7, 11) is 0. The van der Waals surface area contributed by atoms with E-state index < -0.39 is 0 Å². The van der Waals surface area contributed by atoms with Crippen LogP contribution in [-0.2, 0) is 16.1 Å². The molecule has 8 heteroatoms. The van der Waals surface area contributed by atoms with Crippen LogP contribution in [0, 0.1) is 6.92 Å². The van der Waals surface area contributed by atoms with E-state index in [0.29, 0.717) is 35.4 Å². The third-order valence-electron chi connectivity index (χ3n) is 4.80. The number of carbonyl (C=O) groups excluding carboxylic acids is 2. The zero-order valence-electron chi connectivity index (χ0n) is 17.5. The van der Waals surface area contributed by atoms with Crippen molar-refractivity contribution >= 4 is 40.2 Å². The molecule has 2 aromatic carbocycles. The van der Waals surface area contributed by atoms with Gasteiger partial charge in [0.15, 0.2) is 5.16 Å². The van der Waals surface area contributed by atoms with Crippen LogP contribution in [0.2, 0.25) is 0 Å². The average Bonchev–Trinajstić information content (AvgIpc) is 2.75. The molecule has 0 unspecified atom stereocenters. The van der Waals surface area contributed by atoms with Crippen LogP contribution < -0.4 is 16.6 Å². The number of fused-ring (bicyclic) bond motifs is 1. The third-order valence-corrected chi connectivity index (χ3v) is 5.78. The SMILES string of the molecule is Cc1ccc(NC(=O)CSc2nc3ccccc3c(=O)n2CCCCCC(N)=O)cc1. The molecule has 3 rings (SSSR count). The molecular weight excluding hydrogens is 412 g/mol. The van der Waals surface area contributed by atoms with Gasteiger partial charge >= 0.3 is 0 Å². The third kappa shape index (κ3) is 6.42. The monoisotopic (exact) mass is 438 g/mol. The highest BCUT2D eigenvalue weighted by atomic mass is 32.2. The van der Waals surface area contributed by atoms with E-state index in [4.69, 9.17) is 5.73 Å². The molecule has 3 N–H and O–H groups in total. The maximum absolute atomic E-state index is 13.0. The van der Waals surface area contributed by atoms with Gasteiger partial charge in [0.2, 0.25) is 11.8 Å². The van der Waals surface area contributed by atoms with E-state index in [1.165, 1.54) is 11.8 Å². The average molecular weight is 439 g/mol. The number of thioether (sulfide) groups is 1. The second kappa shape index (κ2) is 10.8. The summed E-state index contributed by atoms with van der Waals surface area (Å²) in [5.74, 6) is -0.343. The molecule has 0 bridgehead atoms. The summed E-state index contributed by atoms with van der Waals surface area (Å²) in [5.41, 5.74) is 7.52. The van der Waals surface area contributed by atoms with Crippen LogP contribution in [-0.4, -0.2) is 27.1 Å². The summed E-state index contributed by atoms with van der Waals surface area (Å²) in [6.45, 7) is 2.46. The molecule has 0 saturated heterocycles. The minimum absolute atomic E-state index is 0.123. The van der Waals surface area contributed by atoms with E-state index in [0.717, 1.165) is 24.1 Å². The molecule has 0 aliphatic rings. The number of nitrogens with one attached hydrogen (secondary N) is 1. The van der Waals surface area contributed by atoms with Crippen molar-refractivity contribution in [3.05, 3.63) is 64.4 Å². The highest BCUT2D eigenvalue weighted by Crippen LogP contribution is 2.19. The molecule has 31 heavy (non-hydrogen) atoms. The topological polar surface area (TPSA) is 107 Å². The summed E-state index contributed by atoms with van der Waals surface area (Å²) in [6, 6.07) is 14.8. The van der Waals surface area contributed by atoms with Gasteiger partial charge in [-0.25, -0.2) is 4.98 Å². The van der Waals surface area contributed by atoms with Gasteiger partial charge in [0.1, 0.15) is 0 Å². The Bertz CT molecular complexity index is 1130. The standard InChI is InChI=1S/C23H26N4O3S/c1-16-10-12-17(13-11-16)25-21(29)15-31-23-26-19-8-5-4-7-18(19)22(30)27(23)14-6-2-3-9-20(24)28/h4-5,7-8,10-13H,2-3,6,9,14-15H2,1H3,(H2,24,28)(H,25,29). The zero-order valence-corrected chi connectivity index (χ0v) is 18.3. The van der Waals surface area contributed by atoms with Gasteiger partial charge in [-0.3, -0.25) is 19.0 Å². The summed E-state index contributed by atoms with van der Waals surface area (Å²) in [4.78, 5) is 41.0. The van der Waals surface area contributed by atoms with Gasteiger partial charge in [-0.15, -0.1) is 0 Å². The molecular formula is C23H26N4O3S. The number of anilines is 1. The predicted octanol–water partition coefficient (Wildman–Crippen LogP) is 3.48. The van der Waals surface area contributed by atoms with Crippen LogP contribution in [0.1, 0.15) is 31.2 Å². The van der Waals surface area contributed by atoms with Crippen LogP contribution in [0.4, 0.5) is 5.69 Å². The molecule has 7 nitrogen and oxygen atoms in total. The van der Waals surface area contributed by atoms with E-state index in [-0.39, 0.29) is 23.1 Å². The molecule has 162 valence electrons. The van der Waals surface area contributed by atoms with E-state index in [9.17, 15) is 14.4 Å². The molecule has 0 saturated carbocycles. The fourth-order valence-corrected chi connectivity index (χ4v) is 3.99. The van der Waals surface area contributed by atoms with Crippen molar-refractivity contribution in [2.75, 3.05) is 11.1 Å². The minimum atomic E-state index is -0.319. The zero-order chi connectivity index (χ0) is 22.2. The Balaban J connectivity index is 1.72. The van der Waals surface area contributed by atoms with Gasteiger partial charge in [0, 0.05) is 18.7 Å². The number of nitrogens with zero attached hydrogens (tertiary/aromatic N) is 2. The van der Waals surface area contributed by atoms with Crippen LogP contribution in [0.3, 0.4) is 0 Å². The first-order valence-electron chi connectivity index (χ1n) is 10.2. The summed E-state index contributed by atoms with van der Waals surface area (Å²) in [6.07, 6.45) is 2.52. The van der Waals surface area contributed by atoms with Crippen LogP contribution in [0.25, 0.3) is 10.9 Å². The molecule has 0 fully saturated rings. The van der Waals surface area contributed by atoms with Gasteiger partial charge in [0.05, 0.1) is 16.7 Å². The number of hydrogen-bond donors (Lipinski definition) is 2. The molecule has 0 atom stereocenters. The Morgan fingerprint density at radius 2 is 1.81 bits per heavy atom. The molecule has 1 heterocycles. The first kappa shape index (κ1) is 22.6. The Kier molecular flexibility index (Phi) is 7.83. The second-order valence-electron chi connectivity index (χ2n) is 7.35. The van der Waals surface area contributed by atoms with E-state index in [2.05, 4.69) is 10.3 Å². The van der Waals surface area contributed by atoms with Crippen molar-refractivity contribution in [2.45, 2.75) is 44.3 Å². The van der Waals surface area contributed by atoms with Crippen molar-refractivity contribution < 1.29 is 9.59 Å². The molecule has 0 spiro atoms. The number of para-hydroxylation sites is 1. The van der Waals surface area contributed by atoms with Gasteiger partial charge < -0.3 is 11.1 Å². The molecule has 3 aromatic rings. The number of nitrogens with two attached hydrogens (primary N) is 1. The molecule has 0 radical (unpaired) electrons. The maximum atomic E-state index is 13.0. The van der Waals surface area contributed by atoms with Crippen molar-refractivity contribution in [1.29, 1.82) is 0 Å². The first-order valence-corrected chi connectivity index (χ1v) is 11.2. The predicted molar refractivity (Wildman–Crippen MR) is 124 cm³/mol. The van der Waals surface area contributed by atoms with Crippen molar-refractivity contribution in [3.8, 4) is 0 Å². The van der Waals surface area contributed by atoms with E-state index >= 15 is 0 Å². The number of rotatable bonds is 10. The summed E-state index contributed by atoms with van der Waals surface area (Å²) >= 11 is 1.24. The van der Waals surface area contributed by atoms with Crippen molar-refractivity contribution in [1.82, 2.24) is 9.55 Å². The molecule has 1 aromatic heterocycles. The van der Waals surface area contributed by atoms with Crippen molar-refractivity contribution in [2.24, 2.45) is 5.73 Å². The highest BCUT2D eigenvalue weighted by molar-refractivity contribution is 7.99. The smallest absolute Gasteiger partial charge is 0.262 e. The fraction of sp³-hybridized carbons (Fsp3) is 0.304. The van der Waals surface area contributed by atoms with Gasteiger partial charge in [-0.1, -0.05) is 48.0 Å².